The lowest BCUT2D eigenvalue weighted by Crippen LogP contribution is -2.43. The zero-order chi connectivity index (χ0) is 12.9. The molecule has 17 heavy (non-hydrogen) atoms. The second-order valence-corrected chi connectivity index (χ2v) is 7.39. The third-order valence-corrected chi connectivity index (χ3v) is 4.44. The molecule has 0 aromatic rings. The molecule has 1 heterocycles. The average molecular weight is 282 g/mol. The van der Waals surface area contributed by atoms with Crippen molar-refractivity contribution in [2.75, 3.05) is 12.3 Å². The Bertz CT molecular complexity index is 356. The first kappa shape index (κ1) is 14.8. The summed E-state index contributed by atoms with van der Waals surface area (Å²) in [6, 6.07) is 0.337. The van der Waals surface area contributed by atoms with Gasteiger partial charge in [-0.15, -0.1) is 0 Å². The van der Waals surface area contributed by atoms with Crippen LogP contribution in [0, 0.1) is 0 Å². The largest absolute Gasteiger partial charge is 0.340 e. The van der Waals surface area contributed by atoms with E-state index < -0.39 is 9.05 Å². The maximum Gasteiger partial charge on any atom is 0.232 e. The Hall–Kier alpha value is -0.290. The van der Waals surface area contributed by atoms with Gasteiger partial charge in [-0.3, -0.25) is 4.79 Å². The molecule has 0 aromatic carbocycles. The van der Waals surface area contributed by atoms with Crippen LogP contribution in [0.25, 0.3) is 0 Å². The van der Waals surface area contributed by atoms with Gasteiger partial charge >= 0.3 is 0 Å². The Morgan fingerprint density at radius 1 is 1.41 bits per heavy atom. The van der Waals surface area contributed by atoms with Crippen molar-refractivity contribution in [2.45, 2.75) is 51.5 Å². The molecule has 0 saturated carbocycles. The summed E-state index contributed by atoms with van der Waals surface area (Å²) in [6.07, 6.45) is 4.87. The van der Waals surface area contributed by atoms with E-state index in [4.69, 9.17) is 10.7 Å². The molecule has 1 rings (SSSR count). The molecule has 100 valence electrons. The van der Waals surface area contributed by atoms with E-state index in [-0.39, 0.29) is 18.1 Å². The van der Waals surface area contributed by atoms with Gasteiger partial charge in [-0.1, -0.05) is 6.92 Å². The molecular weight excluding hydrogens is 262 g/mol. The zero-order valence-electron chi connectivity index (χ0n) is 10.2. The summed E-state index contributed by atoms with van der Waals surface area (Å²) in [5.74, 6) is -0.0536. The highest BCUT2D eigenvalue weighted by Crippen LogP contribution is 2.20. The van der Waals surface area contributed by atoms with Gasteiger partial charge < -0.3 is 4.90 Å². The molecule has 0 aliphatic carbocycles. The number of halogens is 1. The SMILES string of the molecule is CCC1CCCCN1C(=O)CCCS(=O)(=O)Cl. The molecule has 6 heteroatoms. The third kappa shape index (κ3) is 5.25. The molecule has 0 spiro atoms. The molecule has 1 amide bonds. The Morgan fingerprint density at radius 3 is 2.71 bits per heavy atom. The normalized spacial score (nSPS) is 21.5. The van der Waals surface area contributed by atoms with Crippen LogP contribution in [0.3, 0.4) is 0 Å². The number of hydrogen-bond acceptors (Lipinski definition) is 3. The number of carbonyl (C=O) groups excluding carboxylic acids is 1. The minimum atomic E-state index is -3.47. The van der Waals surface area contributed by atoms with Crippen molar-refractivity contribution in [3.8, 4) is 0 Å². The second kappa shape index (κ2) is 6.59. The van der Waals surface area contributed by atoms with Gasteiger partial charge in [0.1, 0.15) is 0 Å². The summed E-state index contributed by atoms with van der Waals surface area (Å²) in [6.45, 7) is 2.89. The van der Waals surface area contributed by atoms with E-state index in [0.29, 0.717) is 12.5 Å². The quantitative estimate of drug-likeness (QED) is 0.726. The summed E-state index contributed by atoms with van der Waals surface area (Å²) in [4.78, 5) is 13.8. The number of likely N-dealkylation sites (tertiary alicyclic amines) is 1. The molecule has 0 bridgehead atoms. The summed E-state index contributed by atoms with van der Waals surface area (Å²) in [5, 5.41) is 0. The first-order valence-corrected chi connectivity index (χ1v) is 8.63. The number of carbonyl (C=O) groups is 1. The number of amides is 1. The number of hydrogen-bond donors (Lipinski definition) is 0. The average Bonchev–Trinajstić information content (AvgIpc) is 2.27. The monoisotopic (exact) mass is 281 g/mol. The minimum Gasteiger partial charge on any atom is -0.340 e. The zero-order valence-corrected chi connectivity index (χ0v) is 11.8. The highest BCUT2D eigenvalue weighted by molar-refractivity contribution is 8.13. The van der Waals surface area contributed by atoms with Gasteiger partial charge in [-0.25, -0.2) is 8.42 Å². The lowest BCUT2D eigenvalue weighted by Gasteiger charge is -2.35. The minimum absolute atomic E-state index is 0.0665. The van der Waals surface area contributed by atoms with Crippen LogP contribution in [0.15, 0.2) is 0 Å². The molecule has 1 aliphatic heterocycles. The van der Waals surface area contributed by atoms with Crippen LogP contribution in [0.1, 0.15) is 45.4 Å². The predicted octanol–water partition coefficient (Wildman–Crippen LogP) is 2.13. The number of nitrogens with zero attached hydrogens (tertiary/aromatic N) is 1. The van der Waals surface area contributed by atoms with Crippen molar-refractivity contribution in [3.05, 3.63) is 0 Å². The molecule has 0 N–H and O–H groups in total. The number of rotatable bonds is 5. The van der Waals surface area contributed by atoms with Gasteiger partial charge in [0.2, 0.25) is 15.0 Å². The third-order valence-electron chi connectivity index (χ3n) is 3.20. The second-order valence-electron chi connectivity index (χ2n) is 4.49. The fourth-order valence-corrected chi connectivity index (χ4v) is 3.11. The van der Waals surface area contributed by atoms with Crippen LogP contribution >= 0.6 is 10.7 Å². The molecule has 1 fully saturated rings. The van der Waals surface area contributed by atoms with Crippen molar-refractivity contribution < 1.29 is 13.2 Å². The molecule has 1 aliphatic rings. The van der Waals surface area contributed by atoms with E-state index in [1.165, 1.54) is 6.42 Å². The highest BCUT2D eigenvalue weighted by atomic mass is 35.7. The van der Waals surface area contributed by atoms with E-state index in [1.54, 1.807) is 0 Å². The number of piperidine rings is 1. The van der Waals surface area contributed by atoms with E-state index in [9.17, 15) is 13.2 Å². The van der Waals surface area contributed by atoms with Crippen LogP contribution in [-0.2, 0) is 13.8 Å². The standard InChI is InChI=1S/C11H20ClNO3S/c1-2-10-6-3-4-8-13(10)11(14)7-5-9-17(12,15)16/h10H,2-9H2,1H3. The molecular formula is C11H20ClNO3S. The van der Waals surface area contributed by atoms with Crippen LogP contribution < -0.4 is 0 Å². The lowest BCUT2D eigenvalue weighted by molar-refractivity contribution is -0.134. The van der Waals surface area contributed by atoms with Crippen LogP contribution in [0.4, 0.5) is 0 Å². The Kier molecular flexibility index (Phi) is 5.73. The van der Waals surface area contributed by atoms with Gasteiger partial charge in [0, 0.05) is 29.7 Å². The Balaban J connectivity index is 2.40. The van der Waals surface area contributed by atoms with E-state index in [1.807, 2.05) is 4.90 Å². The maximum atomic E-state index is 11.9. The smallest absolute Gasteiger partial charge is 0.232 e. The van der Waals surface area contributed by atoms with Crippen LogP contribution in [-0.4, -0.2) is 37.6 Å². The first-order chi connectivity index (χ1) is 7.94. The van der Waals surface area contributed by atoms with Gasteiger partial charge in [-0.2, -0.15) is 0 Å². The van der Waals surface area contributed by atoms with E-state index >= 15 is 0 Å². The predicted molar refractivity (Wildman–Crippen MR) is 68.5 cm³/mol. The van der Waals surface area contributed by atoms with Crippen molar-refractivity contribution in [3.63, 3.8) is 0 Å². The van der Waals surface area contributed by atoms with Crippen molar-refractivity contribution >= 4 is 25.6 Å². The molecule has 0 aromatic heterocycles. The topological polar surface area (TPSA) is 54.5 Å². The Morgan fingerprint density at radius 2 is 2.12 bits per heavy atom. The molecule has 1 unspecified atom stereocenters. The summed E-state index contributed by atoms with van der Waals surface area (Å²) >= 11 is 0. The van der Waals surface area contributed by atoms with Crippen molar-refractivity contribution in [1.29, 1.82) is 0 Å². The Labute approximate surface area is 108 Å². The first-order valence-electron chi connectivity index (χ1n) is 6.16. The van der Waals surface area contributed by atoms with Crippen molar-refractivity contribution in [1.82, 2.24) is 4.90 Å². The van der Waals surface area contributed by atoms with Gasteiger partial charge in [0.25, 0.3) is 0 Å². The van der Waals surface area contributed by atoms with E-state index in [0.717, 1.165) is 25.8 Å². The van der Waals surface area contributed by atoms with Crippen LogP contribution in [0.5, 0.6) is 0 Å². The van der Waals surface area contributed by atoms with Gasteiger partial charge in [0.05, 0.1) is 5.75 Å². The van der Waals surface area contributed by atoms with Gasteiger partial charge in [0.15, 0.2) is 0 Å². The fourth-order valence-electron chi connectivity index (χ4n) is 2.29. The molecule has 0 radical (unpaired) electrons. The summed E-state index contributed by atoms with van der Waals surface area (Å²) < 4.78 is 21.5. The van der Waals surface area contributed by atoms with E-state index in [2.05, 4.69) is 6.92 Å². The fraction of sp³-hybridized carbons (Fsp3) is 0.909. The summed E-state index contributed by atoms with van der Waals surface area (Å²) in [5.41, 5.74) is 0. The van der Waals surface area contributed by atoms with Gasteiger partial charge in [-0.05, 0) is 32.1 Å². The van der Waals surface area contributed by atoms with Crippen LogP contribution in [0.2, 0.25) is 0 Å². The molecule has 1 saturated heterocycles. The maximum absolute atomic E-state index is 11.9. The molecule has 1 atom stereocenters. The highest BCUT2D eigenvalue weighted by Gasteiger charge is 2.24. The molecule has 4 nitrogen and oxygen atoms in total. The summed E-state index contributed by atoms with van der Waals surface area (Å²) in [7, 11) is 1.64. The van der Waals surface area contributed by atoms with Crippen molar-refractivity contribution in [2.24, 2.45) is 0 Å². The lowest BCUT2D eigenvalue weighted by atomic mass is 9.99.